The number of rotatable bonds is 22. The third kappa shape index (κ3) is 22.3. The van der Waals surface area contributed by atoms with Crippen molar-refractivity contribution in [1.82, 2.24) is 0 Å². The number of phosphoric acid groups is 1. The van der Waals surface area contributed by atoms with E-state index in [1.54, 1.807) is 0 Å². The van der Waals surface area contributed by atoms with Crippen LogP contribution in [0.15, 0.2) is 48.6 Å². The van der Waals surface area contributed by atoms with Gasteiger partial charge in [-0.2, -0.15) is 0 Å². The van der Waals surface area contributed by atoms with Gasteiger partial charge in [-0.1, -0.05) is 62.5 Å². The van der Waals surface area contributed by atoms with Crippen LogP contribution in [0, 0.1) is 0 Å². The van der Waals surface area contributed by atoms with Crippen molar-refractivity contribution in [3.05, 3.63) is 48.6 Å². The van der Waals surface area contributed by atoms with Gasteiger partial charge >= 0.3 is 13.8 Å². The predicted octanol–water partition coefficient (Wildman–Crippen LogP) is 5.39. The molecule has 0 rings (SSSR count). The third-order valence-electron chi connectivity index (χ3n) is 4.23. The molecule has 0 heterocycles. The molecule has 0 aliphatic rings. The molecular weight excluding hydrogens is 457 g/mol. The second kappa shape index (κ2) is 23.2. The van der Waals surface area contributed by atoms with E-state index >= 15 is 0 Å². The van der Waals surface area contributed by atoms with E-state index < -0.39 is 19.9 Å². The molecule has 0 saturated carbocycles. The van der Waals surface area contributed by atoms with Crippen molar-refractivity contribution in [2.75, 3.05) is 33.0 Å². The lowest BCUT2D eigenvalue weighted by Crippen LogP contribution is -2.28. The van der Waals surface area contributed by atoms with Crippen LogP contribution < -0.4 is 5.73 Å². The highest BCUT2D eigenvalue weighted by atomic mass is 31.2. The first-order valence-corrected chi connectivity index (χ1v) is 13.6. The average Bonchev–Trinajstić information content (AvgIpc) is 2.81. The fourth-order valence-corrected chi connectivity index (χ4v) is 3.33. The van der Waals surface area contributed by atoms with Crippen molar-refractivity contribution in [1.29, 1.82) is 0 Å². The lowest BCUT2D eigenvalue weighted by Gasteiger charge is -2.19. The molecule has 2 unspecified atom stereocenters. The molecule has 0 aromatic rings. The summed E-state index contributed by atoms with van der Waals surface area (Å²) in [5.74, 6) is -0.407. The van der Waals surface area contributed by atoms with Crippen LogP contribution in [-0.2, 0) is 27.9 Å². The topological polar surface area (TPSA) is 117 Å². The zero-order valence-electron chi connectivity index (χ0n) is 20.8. The summed E-state index contributed by atoms with van der Waals surface area (Å²) in [6, 6.07) is 0. The molecular formula is C25H44NO7P. The third-order valence-corrected chi connectivity index (χ3v) is 5.21. The molecule has 0 aliphatic carbocycles. The van der Waals surface area contributed by atoms with Gasteiger partial charge in [-0.25, -0.2) is 4.57 Å². The highest BCUT2D eigenvalue weighted by Gasteiger charge is 2.24. The largest absolute Gasteiger partial charge is 0.472 e. The van der Waals surface area contributed by atoms with Crippen molar-refractivity contribution >= 4 is 13.8 Å². The molecule has 34 heavy (non-hydrogen) atoms. The molecule has 0 fully saturated rings. The van der Waals surface area contributed by atoms with Crippen LogP contribution in [-0.4, -0.2) is 49.9 Å². The van der Waals surface area contributed by atoms with E-state index in [2.05, 4.69) is 60.1 Å². The standard InChI is InChI=1S/C25H44NO7P/c1-3-5-6-7-8-9-10-11-12-13-14-15-16-17-20-30-22-24(33-25(27)18-4-2)23-32-34(28,29)31-21-19-26/h5-6,8-9,11-12,14-15,24H,3-4,7,10,13,16-23,26H2,1-2H3,(H,28,29)/b6-5-,9-8-,12-11-,15-14-. The Labute approximate surface area is 205 Å². The molecule has 8 nitrogen and oxygen atoms in total. The summed E-state index contributed by atoms with van der Waals surface area (Å²) < 4.78 is 32.2. The average molecular weight is 502 g/mol. The van der Waals surface area contributed by atoms with Gasteiger partial charge in [-0.15, -0.1) is 0 Å². The number of nitrogens with two attached hydrogens (primary N) is 1. The number of allylic oxidation sites excluding steroid dienone is 8. The molecule has 196 valence electrons. The highest BCUT2D eigenvalue weighted by Crippen LogP contribution is 2.43. The zero-order valence-corrected chi connectivity index (χ0v) is 21.7. The van der Waals surface area contributed by atoms with Crippen molar-refractivity contribution in [3.8, 4) is 0 Å². The minimum atomic E-state index is -4.25. The maximum Gasteiger partial charge on any atom is 0.472 e. The summed E-state index contributed by atoms with van der Waals surface area (Å²) in [6.07, 6.45) is 22.9. The lowest BCUT2D eigenvalue weighted by molar-refractivity contribution is -0.154. The van der Waals surface area contributed by atoms with Crippen molar-refractivity contribution in [2.45, 2.75) is 71.3 Å². The number of ether oxygens (including phenoxy) is 2. The maximum absolute atomic E-state index is 11.8. The van der Waals surface area contributed by atoms with Crippen molar-refractivity contribution in [2.24, 2.45) is 5.73 Å². The Kier molecular flexibility index (Phi) is 22.2. The quantitative estimate of drug-likeness (QED) is 0.0877. The molecule has 0 aromatic carbocycles. The van der Waals surface area contributed by atoms with Crippen LogP contribution in [0.25, 0.3) is 0 Å². The Morgan fingerprint density at radius 3 is 2.12 bits per heavy atom. The van der Waals surface area contributed by atoms with E-state index in [1.165, 1.54) is 0 Å². The van der Waals surface area contributed by atoms with Crippen LogP contribution in [0.1, 0.15) is 65.2 Å². The predicted molar refractivity (Wildman–Crippen MR) is 136 cm³/mol. The molecule has 3 N–H and O–H groups in total. The normalized spacial score (nSPS) is 15.1. The van der Waals surface area contributed by atoms with Gasteiger partial charge < -0.3 is 20.1 Å². The number of unbranched alkanes of at least 4 members (excludes halogenated alkanes) is 1. The summed E-state index contributed by atoms with van der Waals surface area (Å²) in [4.78, 5) is 21.4. The van der Waals surface area contributed by atoms with E-state index in [0.717, 1.165) is 38.5 Å². The molecule has 0 amide bonds. The summed E-state index contributed by atoms with van der Waals surface area (Å²) in [7, 11) is -4.25. The number of hydrogen-bond donors (Lipinski definition) is 2. The van der Waals surface area contributed by atoms with Gasteiger partial charge in [0.2, 0.25) is 0 Å². The zero-order chi connectivity index (χ0) is 25.3. The molecule has 0 saturated heterocycles. The first-order chi connectivity index (χ1) is 16.4. The lowest BCUT2D eigenvalue weighted by atomic mass is 10.2. The number of carbonyl (C=O) groups is 1. The fraction of sp³-hybridized carbons (Fsp3) is 0.640. The molecule has 0 radical (unpaired) electrons. The van der Waals surface area contributed by atoms with Crippen molar-refractivity contribution < 1.29 is 32.8 Å². The Hall–Kier alpha value is -1.54. The molecule has 9 heteroatoms. The van der Waals surface area contributed by atoms with Crippen LogP contribution >= 0.6 is 7.82 Å². The van der Waals surface area contributed by atoms with Gasteiger partial charge in [0, 0.05) is 19.6 Å². The number of phosphoric ester groups is 1. The fourth-order valence-electron chi connectivity index (χ4n) is 2.56. The van der Waals surface area contributed by atoms with Gasteiger partial charge in [0.05, 0.1) is 19.8 Å². The monoisotopic (exact) mass is 501 g/mol. The molecule has 0 aliphatic heterocycles. The number of hydrogen-bond acceptors (Lipinski definition) is 7. The smallest absolute Gasteiger partial charge is 0.457 e. The Morgan fingerprint density at radius 1 is 0.912 bits per heavy atom. The number of carbonyl (C=O) groups excluding carboxylic acids is 1. The first kappa shape index (κ1) is 32.5. The van der Waals surface area contributed by atoms with Crippen LogP contribution in [0.2, 0.25) is 0 Å². The molecule has 0 aromatic heterocycles. The molecule has 0 spiro atoms. The van der Waals surface area contributed by atoms with E-state index in [4.69, 9.17) is 19.7 Å². The second-order valence-electron chi connectivity index (χ2n) is 7.47. The Morgan fingerprint density at radius 2 is 1.53 bits per heavy atom. The van der Waals surface area contributed by atoms with Gasteiger partial charge in [-0.05, 0) is 44.9 Å². The minimum Gasteiger partial charge on any atom is -0.457 e. The van der Waals surface area contributed by atoms with Crippen LogP contribution in [0.4, 0.5) is 0 Å². The van der Waals surface area contributed by atoms with Crippen LogP contribution in [0.3, 0.4) is 0 Å². The summed E-state index contributed by atoms with van der Waals surface area (Å²) in [5, 5.41) is 0. The second-order valence-corrected chi connectivity index (χ2v) is 8.92. The van der Waals surface area contributed by atoms with Gasteiger partial charge in [-0.3, -0.25) is 13.8 Å². The summed E-state index contributed by atoms with van der Waals surface area (Å²) >= 11 is 0. The Bertz CT molecular complexity index is 662. The van der Waals surface area contributed by atoms with Gasteiger partial charge in [0.1, 0.15) is 6.10 Å². The van der Waals surface area contributed by atoms with E-state index in [0.29, 0.717) is 13.0 Å². The summed E-state index contributed by atoms with van der Waals surface area (Å²) in [6.45, 7) is 4.21. The van der Waals surface area contributed by atoms with Crippen LogP contribution in [0.5, 0.6) is 0 Å². The number of esters is 1. The SMILES string of the molecule is CC/C=C\C/C=C\C/C=C\C/C=C\CCCOCC(COP(=O)(O)OCCN)OC(=O)CCC. The summed E-state index contributed by atoms with van der Waals surface area (Å²) in [5.41, 5.74) is 5.25. The Balaban J connectivity index is 4.09. The van der Waals surface area contributed by atoms with Gasteiger partial charge in [0.15, 0.2) is 0 Å². The van der Waals surface area contributed by atoms with E-state index in [-0.39, 0.29) is 32.8 Å². The van der Waals surface area contributed by atoms with E-state index in [9.17, 15) is 14.3 Å². The molecule has 0 bridgehead atoms. The minimum absolute atomic E-state index is 0.0700. The van der Waals surface area contributed by atoms with Crippen molar-refractivity contribution in [3.63, 3.8) is 0 Å². The first-order valence-electron chi connectivity index (χ1n) is 12.1. The van der Waals surface area contributed by atoms with Gasteiger partial charge in [0.25, 0.3) is 0 Å². The maximum atomic E-state index is 11.8. The molecule has 2 atom stereocenters. The highest BCUT2D eigenvalue weighted by molar-refractivity contribution is 7.47. The van der Waals surface area contributed by atoms with E-state index in [1.807, 2.05) is 6.92 Å².